The van der Waals surface area contributed by atoms with Gasteiger partial charge in [-0.05, 0) is 64.2 Å². The fourth-order valence-corrected chi connectivity index (χ4v) is 2.78. The van der Waals surface area contributed by atoms with Crippen molar-refractivity contribution in [2.75, 3.05) is 38.6 Å². The number of carbonyl (C=O) groups is 2. The quantitative estimate of drug-likeness (QED) is 0.779. The first-order chi connectivity index (χ1) is 11.4. The van der Waals surface area contributed by atoms with E-state index in [4.69, 9.17) is 0 Å². The molecule has 1 atom stereocenters. The highest BCUT2D eigenvalue weighted by Crippen LogP contribution is 2.24. The molecule has 0 spiro atoms. The third kappa shape index (κ3) is 4.96. The summed E-state index contributed by atoms with van der Waals surface area (Å²) in [5.41, 5.74) is 3.27. The largest absolute Gasteiger partial charge is 0.338 e. The maximum absolute atomic E-state index is 12.2. The molecule has 0 radical (unpaired) electrons. The minimum atomic E-state index is -0.200. The smallest absolute Gasteiger partial charge is 0.315 e. The van der Waals surface area contributed by atoms with Gasteiger partial charge in [-0.15, -0.1) is 0 Å². The molecule has 132 valence electrons. The molecule has 1 aliphatic heterocycles. The van der Waals surface area contributed by atoms with Gasteiger partial charge in [0, 0.05) is 25.2 Å². The summed E-state index contributed by atoms with van der Waals surface area (Å²) < 4.78 is 0. The Morgan fingerprint density at radius 2 is 2.04 bits per heavy atom. The number of aryl methyl sites for hydroxylation is 2. The van der Waals surface area contributed by atoms with E-state index in [1.54, 1.807) is 4.90 Å². The van der Waals surface area contributed by atoms with E-state index >= 15 is 0 Å². The molecule has 0 bridgehead atoms. The Labute approximate surface area is 144 Å². The van der Waals surface area contributed by atoms with Crippen LogP contribution in [0.3, 0.4) is 0 Å². The number of rotatable bonds is 6. The number of amides is 3. The number of hydrogen-bond acceptors (Lipinski definition) is 3. The average molecular weight is 332 g/mol. The highest BCUT2D eigenvalue weighted by molar-refractivity contribution is 5.96. The van der Waals surface area contributed by atoms with Crippen LogP contribution in [0.15, 0.2) is 18.2 Å². The molecule has 1 aromatic carbocycles. The van der Waals surface area contributed by atoms with Crippen molar-refractivity contribution in [1.82, 2.24) is 15.5 Å². The van der Waals surface area contributed by atoms with Crippen molar-refractivity contribution >= 4 is 17.6 Å². The fourth-order valence-electron chi connectivity index (χ4n) is 2.78. The van der Waals surface area contributed by atoms with Crippen molar-refractivity contribution in [3.63, 3.8) is 0 Å². The Balaban J connectivity index is 1.83. The second kappa shape index (κ2) is 8.15. The molecule has 3 amide bonds. The third-order valence-corrected chi connectivity index (χ3v) is 4.33. The molecule has 0 aliphatic carbocycles. The van der Waals surface area contributed by atoms with Crippen LogP contribution in [0.4, 0.5) is 10.5 Å². The Hall–Kier alpha value is -2.08. The summed E-state index contributed by atoms with van der Waals surface area (Å²) in [4.78, 5) is 28.0. The molecule has 1 heterocycles. The van der Waals surface area contributed by atoms with Gasteiger partial charge in [-0.3, -0.25) is 4.79 Å². The predicted octanol–water partition coefficient (Wildman–Crippen LogP) is 1.66. The number of nitrogens with one attached hydrogen (secondary N) is 2. The van der Waals surface area contributed by atoms with Crippen LogP contribution < -0.4 is 15.5 Å². The molecule has 0 saturated carbocycles. The van der Waals surface area contributed by atoms with Gasteiger partial charge in [0.1, 0.15) is 0 Å². The van der Waals surface area contributed by atoms with Crippen LogP contribution >= 0.6 is 0 Å². The normalized spacial score (nSPS) is 17.5. The van der Waals surface area contributed by atoms with Gasteiger partial charge in [-0.25, -0.2) is 4.79 Å². The standard InChI is InChI=1S/C18H28N4O2/c1-13-6-7-16(10-14(13)2)22-12-15(11-17(22)23)20-18(24)19-8-5-9-21(3)4/h6-7,10,15H,5,8-9,11-12H2,1-4H3,(H2,19,20,24)/t15-/m0/s1. The lowest BCUT2D eigenvalue weighted by molar-refractivity contribution is -0.117. The van der Waals surface area contributed by atoms with Crippen molar-refractivity contribution in [1.29, 1.82) is 0 Å². The van der Waals surface area contributed by atoms with Crippen LogP contribution in [-0.2, 0) is 4.79 Å². The van der Waals surface area contributed by atoms with E-state index in [1.165, 1.54) is 5.56 Å². The first-order valence-electron chi connectivity index (χ1n) is 8.43. The van der Waals surface area contributed by atoms with Crippen molar-refractivity contribution in [2.45, 2.75) is 32.7 Å². The summed E-state index contributed by atoms with van der Waals surface area (Å²) in [6.07, 6.45) is 1.25. The molecule has 2 rings (SSSR count). The molecule has 0 unspecified atom stereocenters. The summed E-state index contributed by atoms with van der Waals surface area (Å²) in [6.45, 7) is 6.17. The van der Waals surface area contributed by atoms with Gasteiger partial charge in [0.05, 0.1) is 6.04 Å². The zero-order chi connectivity index (χ0) is 17.7. The van der Waals surface area contributed by atoms with Crippen LogP contribution in [0.5, 0.6) is 0 Å². The molecule has 1 fully saturated rings. The predicted molar refractivity (Wildman–Crippen MR) is 96.4 cm³/mol. The summed E-state index contributed by atoms with van der Waals surface area (Å²) >= 11 is 0. The molecule has 6 heteroatoms. The summed E-state index contributed by atoms with van der Waals surface area (Å²) in [5, 5.41) is 5.74. The number of carbonyl (C=O) groups excluding carboxylic acids is 2. The molecule has 0 aromatic heterocycles. The van der Waals surface area contributed by atoms with E-state index in [2.05, 4.69) is 22.5 Å². The average Bonchev–Trinajstić information content (AvgIpc) is 2.87. The molecular weight excluding hydrogens is 304 g/mol. The van der Waals surface area contributed by atoms with Gasteiger partial charge >= 0.3 is 6.03 Å². The zero-order valence-electron chi connectivity index (χ0n) is 15.1. The molecular formula is C18H28N4O2. The second-order valence-electron chi connectivity index (χ2n) is 6.73. The van der Waals surface area contributed by atoms with Crippen molar-refractivity contribution in [3.8, 4) is 0 Å². The topological polar surface area (TPSA) is 64.7 Å². The Morgan fingerprint density at radius 1 is 1.29 bits per heavy atom. The SMILES string of the molecule is Cc1ccc(N2C[C@@H](NC(=O)NCCCN(C)C)CC2=O)cc1C. The minimum absolute atomic E-state index is 0.0520. The number of anilines is 1. The Kier molecular flexibility index (Phi) is 6.20. The fraction of sp³-hybridized carbons (Fsp3) is 0.556. The van der Waals surface area contributed by atoms with Gasteiger partial charge in [-0.2, -0.15) is 0 Å². The Morgan fingerprint density at radius 3 is 2.71 bits per heavy atom. The summed E-state index contributed by atoms with van der Waals surface area (Å²) in [5.74, 6) is 0.0520. The minimum Gasteiger partial charge on any atom is -0.338 e. The van der Waals surface area contributed by atoms with E-state index in [1.807, 2.05) is 39.2 Å². The van der Waals surface area contributed by atoms with E-state index < -0.39 is 0 Å². The van der Waals surface area contributed by atoms with Crippen LogP contribution in [0.1, 0.15) is 24.0 Å². The molecule has 1 saturated heterocycles. The molecule has 24 heavy (non-hydrogen) atoms. The molecule has 2 N–H and O–H groups in total. The first-order valence-corrected chi connectivity index (χ1v) is 8.43. The lowest BCUT2D eigenvalue weighted by Crippen LogP contribution is -2.44. The van der Waals surface area contributed by atoms with E-state index in [0.29, 0.717) is 19.5 Å². The monoisotopic (exact) mass is 332 g/mol. The van der Waals surface area contributed by atoms with E-state index in [9.17, 15) is 9.59 Å². The maximum atomic E-state index is 12.2. The lowest BCUT2D eigenvalue weighted by Gasteiger charge is -2.18. The lowest BCUT2D eigenvalue weighted by atomic mass is 10.1. The van der Waals surface area contributed by atoms with Crippen molar-refractivity contribution in [2.24, 2.45) is 0 Å². The van der Waals surface area contributed by atoms with Crippen LogP contribution in [0.2, 0.25) is 0 Å². The molecule has 1 aromatic rings. The maximum Gasteiger partial charge on any atom is 0.315 e. The van der Waals surface area contributed by atoms with Gasteiger partial charge in [-0.1, -0.05) is 6.07 Å². The van der Waals surface area contributed by atoms with Gasteiger partial charge in [0.15, 0.2) is 0 Å². The zero-order valence-corrected chi connectivity index (χ0v) is 15.1. The molecule has 1 aliphatic rings. The van der Waals surface area contributed by atoms with Crippen molar-refractivity contribution < 1.29 is 9.59 Å². The number of urea groups is 1. The Bertz CT molecular complexity index is 601. The molecule has 6 nitrogen and oxygen atoms in total. The van der Waals surface area contributed by atoms with Gasteiger partial charge < -0.3 is 20.4 Å². The van der Waals surface area contributed by atoms with Crippen LogP contribution in [0.25, 0.3) is 0 Å². The number of benzene rings is 1. The van der Waals surface area contributed by atoms with Crippen LogP contribution in [-0.4, -0.2) is 56.6 Å². The number of nitrogens with zero attached hydrogens (tertiary/aromatic N) is 2. The second-order valence-corrected chi connectivity index (χ2v) is 6.73. The van der Waals surface area contributed by atoms with Crippen molar-refractivity contribution in [3.05, 3.63) is 29.3 Å². The first kappa shape index (κ1) is 18.3. The van der Waals surface area contributed by atoms with Gasteiger partial charge in [0.25, 0.3) is 0 Å². The highest BCUT2D eigenvalue weighted by atomic mass is 16.2. The highest BCUT2D eigenvalue weighted by Gasteiger charge is 2.31. The number of hydrogen-bond donors (Lipinski definition) is 2. The van der Waals surface area contributed by atoms with Gasteiger partial charge in [0.2, 0.25) is 5.91 Å². The van der Waals surface area contributed by atoms with E-state index in [0.717, 1.165) is 24.2 Å². The summed E-state index contributed by atoms with van der Waals surface area (Å²) in [7, 11) is 4.01. The van der Waals surface area contributed by atoms with Crippen LogP contribution in [0, 0.1) is 13.8 Å². The summed E-state index contributed by atoms with van der Waals surface area (Å²) in [6, 6.07) is 5.67. The van der Waals surface area contributed by atoms with E-state index in [-0.39, 0.29) is 18.0 Å². The third-order valence-electron chi connectivity index (χ3n) is 4.33.